The van der Waals surface area contributed by atoms with Crippen LogP contribution < -0.4 is 0 Å². The van der Waals surface area contributed by atoms with Gasteiger partial charge in [0, 0.05) is 14.0 Å². The summed E-state index contributed by atoms with van der Waals surface area (Å²) in [7, 11) is 1.00. The SMILES string of the molecule is CC#N.CO.ClCCl. The average molecular weight is 158 g/mol. The molecular weight excluding hydrogens is 149 g/mol. The molecule has 0 aromatic carbocycles. The molecule has 0 spiro atoms. The monoisotopic (exact) mass is 157 g/mol. The van der Waals surface area contributed by atoms with E-state index in [0.717, 1.165) is 7.11 Å². The summed E-state index contributed by atoms with van der Waals surface area (Å²) in [6.45, 7) is 1.43. The van der Waals surface area contributed by atoms with Crippen molar-refractivity contribution in [1.82, 2.24) is 0 Å². The topological polar surface area (TPSA) is 44.0 Å². The van der Waals surface area contributed by atoms with E-state index in [-0.39, 0.29) is 5.34 Å². The molecule has 0 rings (SSSR count). The van der Waals surface area contributed by atoms with Gasteiger partial charge in [-0.05, 0) is 0 Å². The van der Waals surface area contributed by atoms with Crippen LogP contribution in [-0.4, -0.2) is 17.6 Å². The van der Waals surface area contributed by atoms with Crippen molar-refractivity contribution < 1.29 is 5.11 Å². The zero-order valence-corrected chi connectivity index (χ0v) is 6.37. The average Bonchev–Trinajstić information content (AvgIpc) is 1.75. The lowest BCUT2D eigenvalue weighted by Gasteiger charge is -1.42. The lowest BCUT2D eigenvalue weighted by atomic mass is 11.0. The molecule has 0 fully saturated rings. The first-order chi connectivity index (χ1) is 3.83. The Balaban J connectivity index is -0.0000000483. The molecule has 0 atom stereocenters. The fourth-order valence-electron chi connectivity index (χ4n) is 0. The maximum absolute atomic E-state index is 7.32. The van der Waals surface area contributed by atoms with Gasteiger partial charge in [-0.1, -0.05) is 0 Å². The normalized spacial score (nSPS) is 4.00. The molecule has 0 heterocycles. The van der Waals surface area contributed by atoms with Crippen LogP contribution in [-0.2, 0) is 0 Å². The Morgan fingerprint density at radius 1 is 1.50 bits per heavy atom. The number of hydrogen-bond acceptors (Lipinski definition) is 2. The van der Waals surface area contributed by atoms with E-state index in [1.165, 1.54) is 6.92 Å². The molecule has 1 N–H and O–H groups in total. The Morgan fingerprint density at radius 3 is 1.50 bits per heavy atom. The fourth-order valence-corrected chi connectivity index (χ4v) is 0. The smallest absolute Gasteiger partial charge is 0.0967 e. The molecule has 50 valence electrons. The molecule has 0 amide bonds. The minimum Gasteiger partial charge on any atom is -0.400 e. The highest BCUT2D eigenvalue weighted by atomic mass is 35.5. The second-order valence-electron chi connectivity index (χ2n) is 0.325. The third kappa shape index (κ3) is 170000. The summed E-state index contributed by atoms with van der Waals surface area (Å²) in [5.74, 6) is 0. The Morgan fingerprint density at radius 2 is 1.50 bits per heavy atom. The lowest BCUT2D eigenvalue weighted by Crippen LogP contribution is -1.25. The summed E-state index contributed by atoms with van der Waals surface area (Å²) in [6, 6.07) is 1.75. The molecule has 0 aliphatic carbocycles. The minimum atomic E-state index is 0.194. The molecule has 4 heteroatoms. The molecular formula is C4H9Cl2NO. The zero-order chi connectivity index (χ0) is 7.41. The highest BCUT2D eigenvalue weighted by Crippen LogP contribution is 1.73. The number of aliphatic hydroxyl groups is 1. The molecule has 0 unspecified atom stereocenters. The highest BCUT2D eigenvalue weighted by Gasteiger charge is 1.41. The number of hydrogen-bond donors (Lipinski definition) is 1. The van der Waals surface area contributed by atoms with Crippen LogP contribution in [0.5, 0.6) is 0 Å². The predicted octanol–water partition coefficient (Wildman–Crippen LogP) is 1.56. The molecule has 0 aliphatic rings. The molecule has 0 radical (unpaired) electrons. The van der Waals surface area contributed by atoms with Crippen molar-refractivity contribution in [2.24, 2.45) is 0 Å². The van der Waals surface area contributed by atoms with Crippen LogP contribution in [0.3, 0.4) is 0 Å². The Hall–Kier alpha value is 0.0300. The molecule has 8 heavy (non-hydrogen) atoms. The number of alkyl halides is 2. The summed E-state index contributed by atoms with van der Waals surface area (Å²) in [5, 5.41) is 14.5. The van der Waals surface area contributed by atoms with Crippen LogP contribution in [0.4, 0.5) is 0 Å². The summed E-state index contributed by atoms with van der Waals surface area (Å²) < 4.78 is 0. The van der Waals surface area contributed by atoms with E-state index in [1.54, 1.807) is 6.07 Å². The Kier molecular flexibility index (Phi) is 122. The molecule has 0 aromatic rings. The van der Waals surface area contributed by atoms with E-state index >= 15 is 0 Å². The maximum Gasteiger partial charge on any atom is 0.0967 e. The second-order valence-corrected chi connectivity index (χ2v) is 1.13. The van der Waals surface area contributed by atoms with Crippen LogP contribution in [0.1, 0.15) is 6.92 Å². The van der Waals surface area contributed by atoms with Gasteiger partial charge in [0.15, 0.2) is 0 Å². The number of rotatable bonds is 0. The molecule has 0 aromatic heterocycles. The predicted molar refractivity (Wildman–Crippen MR) is 36.0 cm³/mol. The van der Waals surface area contributed by atoms with E-state index in [1.807, 2.05) is 0 Å². The highest BCUT2D eigenvalue weighted by molar-refractivity contribution is 6.40. The summed E-state index contributed by atoms with van der Waals surface area (Å²) in [4.78, 5) is 0. The number of nitriles is 1. The van der Waals surface area contributed by atoms with Gasteiger partial charge >= 0.3 is 0 Å². The zero-order valence-electron chi connectivity index (χ0n) is 4.86. The van der Waals surface area contributed by atoms with Crippen molar-refractivity contribution in [3.05, 3.63) is 0 Å². The van der Waals surface area contributed by atoms with Crippen molar-refractivity contribution in [2.75, 3.05) is 12.4 Å². The van der Waals surface area contributed by atoms with Crippen molar-refractivity contribution in [1.29, 1.82) is 5.26 Å². The van der Waals surface area contributed by atoms with Crippen LogP contribution >= 0.6 is 23.2 Å². The standard InChI is InChI=1S/C2H3N.CH2Cl2.CH4O/c1-2-3;2-1-3;1-2/h1H3;1H2;2H,1H3. The molecule has 0 saturated carbocycles. The molecule has 0 aliphatic heterocycles. The van der Waals surface area contributed by atoms with Crippen LogP contribution in [0.15, 0.2) is 0 Å². The van der Waals surface area contributed by atoms with Crippen LogP contribution in [0, 0.1) is 11.3 Å². The third-order valence-corrected chi connectivity index (χ3v) is 0. The van der Waals surface area contributed by atoms with Crippen molar-refractivity contribution in [3.8, 4) is 6.07 Å². The van der Waals surface area contributed by atoms with Gasteiger partial charge in [0.25, 0.3) is 0 Å². The molecule has 2 nitrogen and oxygen atoms in total. The van der Waals surface area contributed by atoms with Gasteiger partial charge in [0.05, 0.1) is 11.4 Å². The lowest BCUT2D eigenvalue weighted by molar-refractivity contribution is 0.399. The second kappa shape index (κ2) is 62.0. The van der Waals surface area contributed by atoms with Gasteiger partial charge in [-0.2, -0.15) is 5.26 Å². The van der Waals surface area contributed by atoms with Gasteiger partial charge < -0.3 is 5.11 Å². The van der Waals surface area contributed by atoms with Crippen LogP contribution in [0.2, 0.25) is 0 Å². The first-order valence-corrected chi connectivity index (χ1v) is 2.77. The van der Waals surface area contributed by atoms with E-state index in [2.05, 4.69) is 0 Å². The first-order valence-electron chi connectivity index (χ1n) is 1.71. The van der Waals surface area contributed by atoms with Gasteiger partial charge in [-0.25, -0.2) is 0 Å². The fraction of sp³-hybridized carbons (Fsp3) is 0.750. The quantitative estimate of drug-likeness (QED) is 0.543. The van der Waals surface area contributed by atoms with Crippen molar-refractivity contribution in [3.63, 3.8) is 0 Å². The van der Waals surface area contributed by atoms with E-state index in [0.29, 0.717) is 0 Å². The van der Waals surface area contributed by atoms with Crippen molar-refractivity contribution in [2.45, 2.75) is 6.92 Å². The van der Waals surface area contributed by atoms with E-state index < -0.39 is 0 Å². The summed E-state index contributed by atoms with van der Waals surface area (Å²) in [6.07, 6.45) is 0. The summed E-state index contributed by atoms with van der Waals surface area (Å²) in [5.41, 5.74) is 0. The largest absolute Gasteiger partial charge is 0.400 e. The van der Waals surface area contributed by atoms with Gasteiger partial charge in [-0.15, -0.1) is 23.2 Å². The third-order valence-electron chi connectivity index (χ3n) is 0. The van der Waals surface area contributed by atoms with Crippen molar-refractivity contribution >= 4 is 23.2 Å². The van der Waals surface area contributed by atoms with Gasteiger partial charge in [0.2, 0.25) is 0 Å². The van der Waals surface area contributed by atoms with Crippen LogP contribution in [0.25, 0.3) is 0 Å². The minimum absolute atomic E-state index is 0.194. The number of nitrogens with zero attached hydrogens (tertiary/aromatic N) is 1. The van der Waals surface area contributed by atoms with E-state index in [4.69, 9.17) is 33.6 Å². The van der Waals surface area contributed by atoms with Gasteiger partial charge in [0.1, 0.15) is 0 Å². The number of halogens is 2. The van der Waals surface area contributed by atoms with Gasteiger partial charge in [-0.3, -0.25) is 0 Å². The molecule has 0 bridgehead atoms. The Labute approximate surface area is 59.6 Å². The molecule has 0 saturated heterocycles. The maximum atomic E-state index is 7.32. The number of aliphatic hydroxyl groups excluding tert-OH is 1. The summed E-state index contributed by atoms with van der Waals surface area (Å²) >= 11 is 9.53. The first kappa shape index (κ1) is 15.7. The van der Waals surface area contributed by atoms with E-state index in [9.17, 15) is 0 Å². The Bertz CT molecular complexity index is 43.8.